The highest BCUT2D eigenvalue weighted by Crippen LogP contribution is 2.15. The molecule has 122 valence electrons. The quantitative estimate of drug-likeness (QED) is 0.683. The zero-order chi connectivity index (χ0) is 16.7. The fraction of sp³-hybridized carbons (Fsp3) is 0.278. The van der Waals surface area contributed by atoms with Crippen LogP contribution in [0.1, 0.15) is 21.5 Å². The predicted molar refractivity (Wildman–Crippen MR) is 94.0 cm³/mol. The topological polar surface area (TPSA) is 61.4 Å². The van der Waals surface area contributed by atoms with E-state index in [1.54, 1.807) is 6.07 Å². The van der Waals surface area contributed by atoms with Crippen LogP contribution in [-0.2, 0) is 6.54 Å². The van der Waals surface area contributed by atoms with Crippen molar-refractivity contribution in [2.75, 3.05) is 17.7 Å². The molecule has 0 aliphatic rings. The number of para-hydroxylation sites is 1. The summed E-state index contributed by atoms with van der Waals surface area (Å²) in [6, 6.07) is 15.2. The van der Waals surface area contributed by atoms with Gasteiger partial charge < -0.3 is 15.7 Å². The molecule has 3 N–H and O–H groups in total. The molecule has 0 aliphatic carbocycles. The Morgan fingerprint density at radius 1 is 1.22 bits per heavy atom. The summed E-state index contributed by atoms with van der Waals surface area (Å²) in [5.41, 5.74) is 3.44. The number of aliphatic hydroxyl groups excluding tert-OH is 1. The second-order valence-corrected chi connectivity index (χ2v) is 5.71. The molecule has 5 heteroatoms. The molecule has 0 heterocycles. The van der Waals surface area contributed by atoms with Crippen molar-refractivity contribution in [2.24, 2.45) is 0 Å². The number of aryl methyl sites for hydroxylation is 1. The van der Waals surface area contributed by atoms with Crippen LogP contribution in [-0.4, -0.2) is 29.5 Å². The molecule has 1 amide bonds. The fourth-order valence-electron chi connectivity index (χ4n) is 2.22. The Bertz CT molecular complexity index is 661. The Morgan fingerprint density at radius 2 is 2.00 bits per heavy atom. The second kappa shape index (κ2) is 8.56. The summed E-state index contributed by atoms with van der Waals surface area (Å²) in [7, 11) is 0. The molecule has 0 spiro atoms. The van der Waals surface area contributed by atoms with Gasteiger partial charge in [0.15, 0.2) is 0 Å². The summed E-state index contributed by atoms with van der Waals surface area (Å²) in [6.07, 6.45) is -0.653. The average molecular weight is 333 g/mol. The van der Waals surface area contributed by atoms with Gasteiger partial charge in [0.1, 0.15) is 0 Å². The lowest BCUT2D eigenvalue weighted by Gasteiger charge is -2.14. The highest BCUT2D eigenvalue weighted by Gasteiger charge is 2.11. The van der Waals surface area contributed by atoms with Gasteiger partial charge in [-0.1, -0.05) is 42.0 Å². The van der Waals surface area contributed by atoms with E-state index in [4.69, 9.17) is 11.6 Å². The maximum atomic E-state index is 12.4. The van der Waals surface area contributed by atoms with Crippen molar-refractivity contribution in [3.05, 3.63) is 65.2 Å². The van der Waals surface area contributed by atoms with Gasteiger partial charge in [0.2, 0.25) is 0 Å². The number of benzene rings is 2. The Kier molecular flexibility index (Phi) is 6.44. The molecule has 0 radical (unpaired) electrons. The van der Waals surface area contributed by atoms with Crippen molar-refractivity contribution in [1.29, 1.82) is 0 Å². The van der Waals surface area contributed by atoms with Crippen molar-refractivity contribution in [1.82, 2.24) is 5.32 Å². The minimum atomic E-state index is -0.653. The summed E-state index contributed by atoms with van der Waals surface area (Å²) >= 11 is 5.58. The van der Waals surface area contributed by atoms with Crippen molar-refractivity contribution >= 4 is 23.2 Å². The molecule has 0 aromatic heterocycles. The monoisotopic (exact) mass is 332 g/mol. The van der Waals surface area contributed by atoms with Crippen LogP contribution in [0, 0.1) is 6.92 Å². The van der Waals surface area contributed by atoms with Gasteiger partial charge in [-0.05, 0) is 24.6 Å². The van der Waals surface area contributed by atoms with Crippen molar-refractivity contribution in [3.8, 4) is 0 Å². The minimum Gasteiger partial charge on any atom is -0.390 e. The van der Waals surface area contributed by atoms with E-state index in [-0.39, 0.29) is 11.8 Å². The summed E-state index contributed by atoms with van der Waals surface area (Å²) < 4.78 is 0. The highest BCUT2D eigenvalue weighted by molar-refractivity contribution is 6.18. The molecule has 23 heavy (non-hydrogen) atoms. The molecule has 2 aromatic carbocycles. The summed E-state index contributed by atoms with van der Waals surface area (Å²) in [4.78, 5) is 12.4. The lowest BCUT2D eigenvalue weighted by atomic mass is 10.1. The van der Waals surface area contributed by atoms with Crippen LogP contribution in [0.4, 0.5) is 5.69 Å². The van der Waals surface area contributed by atoms with E-state index < -0.39 is 6.10 Å². The van der Waals surface area contributed by atoms with E-state index in [2.05, 4.69) is 10.6 Å². The van der Waals surface area contributed by atoms with Gasteiger partial charge in [-0.15, -0.1) is 11.6 Å². The standard InChI is InChI=1S/C18H21ClN2O2/c1-13-5-4-6-14(9-13)11-21-18(23)16-7-2-3-8-17(16)20-12-15(22)10-19/h2-9,15,20,22H,10-12H2,1H3,(H,21,23). The van der Waals surface area contributed by atoms with Crippen LogP contribution in [0.2, 0.25) is 0 Å². The number of rotatable bonds is 7. The molecular formula is C18H21ClN2O2. The molecule has 1 atom stereocenters. The third-order valence-corrected chi connectivity index (χ3v) is 3.77. The van der Waals surface area contributed by atoms with Crippen LogP contribution >= 0.6 is 11.6 Å². The molecule has 1 unspecified atom stereocenters. The molecule has 0 saturated carbocycles. The molecule has 0 fully saturated rings. The number of nitrogens with one attached hydrogen (secondary N) is 2. The van der Waals surface area contributed by atoms with E-state index in [9.17, 15) is 9.90 Å². The van der Waals surface area contributed by atoms with E-state index in [1.807, 2.05) is 49.4 Å². The number of anilines is 1. The minimum absolute atomic E-state index is 0.148. The first kappa shape index (κ1) is 17.3. The number of hydrogen-bond donors (Lipinski definition) is 3. The number of alkyl halides is 1. The molecular weight excluding hydrogens is 312 g/mol. The van der Waals surface area contributed by atoms with Crippen LogP contribution in [0.15, 0.2) is 48.5 Å². The Hall–Kier alpha value is -2.04. The zero-order valence-electron chi connectivity index (χ0n) is 13.1. The number of amides is 1. The number of carbonyl (C=O) groups is 1. The zero-order valence-corrected chi connectivity index (χ0v) is 13.8. The SMILES string of the molecule is Cc1cccc(CNC(=O)c2ccccc2NCC(O)CCl)c1. The fourth-order valence-corrected chi connectivity index (χ4v) is 2.33. The smallest absolute Gasteiger partial charge is 0.253 e. The van der Waals surface area contributed by atoms with Gasteiger partial charge in [0.25, 0.3) is 5.91 Å². The Morgan fingerprint density at radius 3 is 2.74 bits per heavy atom. The summed E-state index contributed by atoms with van der Waals surface area (Å²) in [6.45, 7) is 2.79. The van der Waals surface area contributed by atoms with E-state index >= 15 is 0 Å². The maximum absolute atomic E-state index is 12.4. The van der Waals surface area contributed by atoms with Gasteiger partial charge in [-0.3, -0.25) is 4.79 Å². The van der Waals surface area contributed by atoms with E-state index in [0.29, 0.717) is 24.3 Å². The first-order valence-electron chi connectivity index (χ1n) is 7.51. The second-order valence-electron chi connectivity index (χ2n) is 5.41. The molecule has 2 aromatic rings. The molecule has 4 nitrogen and oxygen atoms in total. The van der Waals surface area contributed by atoms with E-state index in [1.165, 1.54) is 0 Å². The summed E-state index contributed by atoms with van der Waals surface area (Å²) in [5, 5.41) is 15.5. The predicted octanol–water partition coefficient (Wildman–Crippen LogP) is 2.94. The average Bonchev–Trinajstić information content (AvgIpc) is 2.58. The third-order valence-electron chi connectivity index (χ3n) is 3.41. The van der Waals surface area contributed by atoms with Crippen LogP contribution < -0.4 is 10.6 Å². The lowest BCUT2D eigenvalue weighted by Crippen LogP contribution is -2.26. The first-order valence-corrected chi connectivity index (χ1v) is 8.04. The van der Waals surface area contributed by atoms with Gasteiger partial charge in [-0.2, -0.15) is 0 Å². The number of carbonyl (C=O) groups excluding carboxylic acids is 1. The molecule has 0 bridgehead atoms. The normalized spacial score (nSPS) is 11.8. The van der Waals surface area contributed by atoms with Gasteiger partial charge in [0, 0.05) is 18.8 Å². The largest absolute Gasteiger partial charge is 0.390 e. The van der Waals surface area contributed by atoms with Crippen molar-refractivity contribution in [3.63, 3.8) is 0 Å². The molecule has 2 rings (SSSR count). The maximum Gasteiger partial charge on any atom is 0.253 e. The lowest BCUT2D eigenvalue weighted by molar-refractivity contribution is 0.0951. The van der Waals surface area contributed by atoms with E-state index in [0.717, 1.165) is 11.1 Å². The number of hydrogen-bond acceptors (Lipinski definition) is 3. The summed E-state index contributed by atoms with van der Waals surface area (Å²) in [5.74, 6) is -0.00989. The highest BCUT2D eigenvalue weighted by atomic mass is 35.5. The number of halogens is 1. The van der Waals surface area contributed by atoms with Gasteiger partial charge >= 0.3 is 0 Å². The van der Waals surface area contributed by atoms with Crippen LogP contribution in [0.5, 0.6) is 0 Å². The Labute approximate surface area is 141 Å². The molecule has 0 saturated heterocycles. The first-order chi connectivity index (χ1) is 11.1. The van der Waals surface area contributed by atoms with Crippen molar-refractivity contribution < 1.29 is 9.90 Å². The Balaban J connectivity index is 2.01. The molecule has 0 aliphatic heterocycles. The van der Waals surface area contributed by atoms with Crippen molar-refractivity contribution in [2.45, 2.75) is 19.6 Å². The van der Waals surface area contributed by atoms with Gasteiger partial charge in [-0.25, -0.2) is 0 Å². The van der Waals surface area contributed by atoms with Crippen LogP contribution in [0.25, 0.3) is 0 Å². The number of aliphatic hydroxyl groups is 1. The van der Waals surface area contributed by atoms with Gasteiger partial charge in [0.05, 0.1) is 17.5 Å². The van der Waals surface area contributed by atoms with Crippen LogP contribution in [0.3, 0.4) is 0 Å². The third kappa shape index (κ3) is 5.27.